The number of thioether (sulfide) groups is 1. The summed E-state index contributed by atoms with van der Waals surface area (Å²) in [5.41, 5.74) is 0.765. The minimum Gasteiger partial charge on any atom is -0.304 e. The Morgan fingerprint density at radius 3 is 2.59 bits per heavy atom. The zero-order chi connectivity index (χ0) is 24.0. The van der Waals surface area contributed by atoms with Crippen molar-refractivity contribution in [3.8, 4) is 0 Å². The number of fused-ring (bicyclic) bond motifs is 1. The summed E-state index contributed by atoms with van der Waals surface area (Å²) >= 11 is 1.68. The number of hydrogen-bond donors (Lipinski definition) is 0. The highest BCUT2D eigenvalue weighted by Crippen LogP contribution is 2.34. The SMILES string of the molecule is CN1CCN(Cc2cn(CCCCCCSc3ccnc4cc(C(F)(F)F)ccc34)nn2)CC1. The van der Waals surface area contributed by atoms with E-state index in [-0.39, 0.29) is 0 Å². The van der Waals surface area contributed by atoms with Gasteiger partial charge in [-0.1, -0.05) is 24.1 Å². The molecule has 0 amide bonds. The Morgan fingerprint density at radius 2 is 1.79 bits per heavy atom. The number of aromatic nitrogens is 4. The molecule has 1 aliphatic heterocycles. The Balaban J connectivity index is 1.14. The standard InChI is InChI=1S/C24H31F3N6S/c1-31-11-13-32(14-12-31)17-20-18-33(30-29-20)10-4-2-3-5-15-34-23-8-9-28-22-16-19(24(25,26)27)6-7-21(22)23/h6-9,16,18H,2-5,10-15,17H2,1H3. The number of piperazine rings is 1. The van der Waals surface area contributed by atoms with E-state index in [1.165, 1.54) is 6.07 Å². The van der Waals surface area contributed by atoms with E-state index < -0.39 is 11.7 Å². The third-order valence-electron chi connectivity index (χ3n) is 6.14. The number of likely N-dealkylation sites (N-methyl/N-ethyl adjacent to an activating group) is 1. The van der Waals surface area contributed by atoms with Crippen LogP contribution in [0, 0.1) is 0 Å². The fourth-order valence-corrected chi connectivity index (χ4v) is 5.14. The van der Waals surface area contributed by atoms with E-state index >= 15 is 0 Å². The lowest BCUT2D eigenvalue weighted by Crippen LogP contribution is -2.43. The van der Waals surface area contributed by atoms with Gasteiger partial charge in [-0.3, -0.25) is 14.6 Å². The van der Waals surface area contributed by atoms with Gasteiger partial charge in [0.1, 0.15) is 0 Å². The molecule has 4 rings (SSSR count). The van der Waals surface area contributed by atoms with E-state index in [1.54, 1.807) is 18.0 Å². The summed E-state index contributed by atoms with van der Waals surface area (Å²) in [6.07, 6.45) is 3.63. The Bertz CT molecular complexity index is 1060. The van der Waals surface area contributed by atoms with E-state index in [0.717, 1.165) is 98.8 Å². The van der Waals surface area contributed by atoms with Crippen molar-refractivity contribution in [2.45, 2.75) is 49.8 Å². The first-order valence-electron chi connectivity index (χ1n) is 11.8. The number of benzene rings is 1. The monoisotopic (exact) mass is 492 g/mol. The van der Waals surface area contributed by atoms with Gasteiger partial charge in [-0.2, -0.15) is 13.2 Å². The topological polar surface area (TPSA) is 50.1 Å². The molecule has 0 spiro atoms. The molecule has 3 aromatic rings. The molecule has 1 aliphatic rings. The predicted octanol–water partition coefficient (Wildman–Crippen LogP) is 4.95. The summed E-state index contributed by atoms with van der Waals surface area (Å²) in [6.45, 7) is 6.09. The van der Waals surface area contributed by atoms with Gasteiger partial charge in [0.15, 0.2) is 0 Å². The molecule has 1 aromatic carbocycles. The molecule has 0 radical (unpaired) electrons. The maximum absolute atomic E-state index is 12.9. The third-order valence-corrected chi connectivity index (χ3v) is 7.30. The van der Waals surface area contributed by atoms with Crippen LogP contribution in [0.4, 0.5) is 13.2 Å². The van der Waals surface area contributed by atoms with Gasteiger partial charge in [0.2, 0.25) is 0 Å². The average molecular weight is 493 g/mol. The lowest BCUT2D eigenvalue weighted by Gasteiger charge is -2.31. The summed E-state index contributed by atoms with van der Waals surface area (Å²) in [4.78, 5) is 9.87. The maximum Gasteiger partial charge on any atom is 0.416 e. The van der Waals surface area contributed by atoms with E-state index in [0.29, 0.717) is 5.52 Å². The summed E-state index contributed by atoms with van der Waals surface area (Å²) in [5.74, 6) is 0.929. The number of pyridine rings is 1. The average Bonchev–Trinajstić information content (AvgIpc) is 3.26. The normalized spacial score (nSPS) is 15.9. The molecule has 0 bridgehead atoms. The van der Waals surface area contributed by atoms with E-state index in [1.807, 2.05) is 10.7 Å². The summed E-state index contributed by atoms with van der Waals surface area (Å²) in [7, 11) is 2.16. The number of unbranched alkanes of at least 4 members (excludes halogenated alkanes) is 3. The molecule has 10 heteroatoms. The molecule has 1 fully saturated rings. The van der Waals surface area contributed by atoms with Crippen molar-refractivity contribution < 1.29 is 13.2 Å². The van der Waals surface area contributed by atoms with Crippen molar-refractivity contribution in [2.75, 3.05) is 39.0 Å². The first-order valence-corrected chi connectivity index (χ1v) is 12.8. The van der Waals surface area contributed by atoms with Crippen molar-refractivity contribution in [3.63, 3.8) is 0 Å². The fourth-order valence-electron chi connectivity index (χ4n) is 4.09. The van der Waals surface area contributed by atoms with Crippen LogP contribution in [0.3, 0.4) is 0 Å². The maximum atomic E-state index is 12.9. The quantitative estimate of drug-likeness (QED) is 0.295. The van der Waals surface area contributed by atoms with Gasteiger partial charge < -0.3 is 4.90 Å². The van der Waals surface area contributed by atoms with Crippen LogP contribution in [0.25, 0.3) is 10.9 Å². The molecule has 0 saturated carbocycles. The van der Waals surface area contributed by atoms with Crippen LogP contribution in [0.1, 0.15) is 36.9 Å². The predicted molar refractivity (Wildman–Crippen MR) is 129 cm³/mol. The molecular weight excluding hydrogens is 461 g/mol. The zero-order valence-electron chi connectivity index (χ0n) is 19.5. The molecule has 6 nitrogen and oxygen atoms in total. The molecule has 184 valence electrons. The van der Waals surface area contributed by atoms with Crippen LogP contribution in [0.15, 0.2) is 41.6 Å². The number of nitrogens with zero attached hydrogens (tertiary/aromatic N) is 6. The van der Waals surface area contributed by atoms with Gasteiger partial charge in [0.05, 0.1) is 16.8 Å². The van der Waals surface area contributed by atoms with E-state index in [4.69, 9.17) is 0 Å². The number of aryl methyl sites for hydroxylation is 1. The number of alkyl halides is 3. The smallest absolute Gasteiger partial charge is 0.304 e. The fraction of sp³-hybridized carbons (Fsp3) is 0.542. The Labute approximate surface area is 202 Å². The van der Waals surface area contributed by atoms with Crippen molar-refractivity contribution in [1.29, 1.82) is 0 Å². The number of hydrogen-bond acceptors (Lipinski definition) is 6. The highest BCUT2D eigenvalue weighted by molar-refractivity contribution is 7.99. The molecular formula is C24H31F3N6S. The van der Waals surface area contributed by atoms with Crippen LogP contribution in [0.2, 0.25) is 0 Å². The van der Waals surface area contributed by atoms with Crippen LogP contribution in [0.5, 0.6) is 0 Å². The molecule has 34 heavy (non-hydrogen) atoms. The van der Waals surface area contributed by atoms with E-state index in [9.17, 15) is 13.2 Å². The first kappa shape index (κ1) is 24.9. The van der Waals surface area contributed by atoms with Crippen LogP contribution >= 0.6 is 11.8 Å². The third kappa shape index (κ3) is 6.93. The van der Waals surface area contributed by atoms with Crippen molar-refractivity contribution in [2.24, 2.45) is 0 Å². The minimum atomic E-state index is -4.35. The molecule has 1 saturated heterocycles. The number of halogens is 3. The van der Waals surface area contributed by atoms with Gasteiger partial charge in [0.25, 0.3) is 0 Å². The zero-order valence-corrected chi connectivity index (χ0v) is 20.3. The van der Waals surface area contributed by atoms with Crippen molar-refractivity contribution in [3.05, 3.63) is 47.9 Å². The van der Waals surface area contributed by atoms with Gasteiger partial charge in [-0.05, 0) is 43.8 Å². The molecule has 0 unspecified atom stereocenters. The van der Waals surface area contributed by atoms with Gasteiger partial charge in [-0.25, -0.2) is 0 Å². The van der Waals surface area contributed by atoms with Gasteiger partial charge >= 0.3 is 6.18 Å². The summed E-state index contributed by atoms with van der Waals surface area (Å²) < 4.78 is 40.8. The highest BCUT2D eigenvalue weighted by atomic mass is 32.2. The first-order chi connectivity index (χ1) is 16.4. The molecule has 0 N–H and O–H groups in total. The number of rotatable bonds is 10. The lowest BCUT2D eigenvalue weighted by atomic mass is 10.1. The largest absolute Gasteiger partial charge is 0.416 e. The van der Waals surface area contributed by atoms with Crippen molar-refractivity contribution in [1.82, 2.24) is 29.8 Å². The van der Waals surface area contributed by atoms with Crippen LogP contribution < -0.4 is 0 Å². The van der Waals surface area contributed by atoms with Crippen LogP contribution in [-0.2, 0) is 19.3 Å². The summed E-state index contributed by atoms with van der Waals surface area (Å²) in [5, 5.41) is 9.37. The second-order valence-electron chi connectivity index (χ2n) is 8.85. The second-order valence-corrected chi connectivity index (χ2v) is 9.99. The molecule has 2 aromatic heterocycles. The second kappa shape index (κ2) is 11.5. The molecule has 3 heterocycles. The Kier molecular flexibility index (Phi) is 8.44. The van der Waals surface area contributed by atoms with E-state index in [2.05, 4.69) is 38.3 Å². The summed E-state index contributed by atoms with van der Waals surface area (Å²) in [6, 6.07) is 5.67. The minimum absolute atomic E-state index is 0.389. The molecule has 0 aliphatic carbocycles. The molecule has 0 atom stereocenters. The lowest BCUT2D eigenvalue weighted by molar-refractivity contribution is -0.137. The Morgan fingerprint density at radius 1 is 1.00 bits per heavy atom. The van der Waals surface area contributed by atoms with Crippen molar-refractivity contribution >= 4 is 22.7 Å². The van der Waals surface area contributed by atoms with Crippen LogP contribution in [-0.4, -0.2) is 68.8 Å². The van der Waals surface area contributed by atoms with Gasteiger partial charge in [-0.15, -0.1) is 16.9 Å². The van der Waals surface area contributed by atoms with Gasteiger partial charge in [0, 0.05) is 61.9 Å². The Hall–Kier alpha value is -2.17. The highest BCUT2D eigenvalue weighted by Gasteiger charge is 2.30.